The summed E-state index contributed by atoms with van der Waals surface area (Å²) in [5.41, 5.74) is 2.07. The Hall–Kier alpha value is -2.42. The number of aromatic nitrogens is 2. The molecule has 0 atom stereocenters. The Morgan fingerprint density at radius 1 is 1.10 bits per heavy atom. The number of hydrogen-bond donors (Lipinski definition) is 0. The van der Waals surface area contributed by atoms with E-state index < -0.39 is 0 Å². The van der Waals surface area contributed by atoms with Gasteiger partial charge >= 0.3 is 0 Å². The van der Waals surface area contributed by atoms with E-state index in [9.17, 15) is 4.79 Å². The second kappa shape index (κ2) is 5.29. The fourth-order valence-electron chi connectivity index (χ4n) is 2.45. The Kier molecular flexibility index (Phi) is 3.33. The molecule has 3 heteroatoms. The summed E-state index contributed by atoms with van der Waals surface area (Å²) in [6.45, 7) is 2.31. The number of carbonyl (C=O) groups excluding carboxylic acids is 1. The zero-order valence-corrected chi connectivity index (χ0v) is 11.4. The summed E-state index contributed by atoms with van der Waals surface area (Å²) in [7, 11) is 0. The lowest BCUT2D eigenvalue weighted by molar-refractivity contribution is -0.116. The smallest absolute Gasteiger partial charge is 0.135 e. The van der Waals surface area contributed by atoms with E-state index >= 15 is 0 Å². The lowest BCUT2D eigenvalue weighted by Crippen LogP contribution is -2.03. The summed E-state index contributed by atoms with van der Waals surface area (Å²) in [6, 6.07) is 16.6. The van der Waals surface area contributed by atoms with Crippen LogP contribution < -0.4 is 0 Å². The molecule has 2 aromatic carbocycles. The predicted octanol–water partition coefficient (Wildman–Crippen LogP) is 3.22. The van der Waals surface area contributed by atoms with E-state index in [0.717, 1.165) is 12.2 Å². The first-order chi connectivity index (χ1) is 9.72. The van der Waals surface area contributed by atoms with Crippen molar-refractivity contribution in [1.29, 1.82) is 0 Å². The van der Waals surface area contributed by atoms with Crippen LogP contribution in [0.15, 0.2) is 54.7 Å². The van der Waals surface area contributed by atoms with Crippen molar-refractivity contribution in [2.24, 2.45) is 0 Å². The Morgan fingerprint density at radius 2 is 1.90 bits per heavy atom. The molecule has 3 rings (SSSR count). The molecule has 0 fully saturated rings. The third-order valence-corrected chi connectivity index (χ3v) is 3.34. The van der Waals surface area contributed by atoms with Crippen molar-refractivity contribution >= 4 is 16.6 Å². The topological polar surface area (TPSA) is 34.9 Å². The Balaban J connectivity index is 1.89. The molecule has 0 bridgehead atoms. The number of ketones is 1. The highest BCUT2D eigenvalue weighted by molar-refractivity contribution is 5.85. The second-order valence-corrected chi connectivity index (χ2v) is 5.02. The average Bonchev–Trinajstić information content (AvgIpc) is 2.86. The first-order valence-electron chi connectivity index (χ1n) is 6.71. The molecule has 0 aliphatic heterocycles. The molecule has 0 spiro atoms. The van der Waals surface area contributed by atoms with Gasteiger partial charge in [0, 0.05) is 6.20 Å². The molecule has 1 heterocycles. The van der Waals surface area contributed by atoms with Gasteiger partial charge in [0.1, 0.15) is 5.78 Å². The quantitative estimate of drug-likeness (QED) is 0.725. The molecule has 3 nitrogen and oxygen atoms in total. The van der Waals surface area contributed by atoms with E-state index in [1.807, 2.05) is 23.0 Å². The SMILES string of the molecule is CC(=O)Cc1ccn(Cc2cccc3ccccc23)n1. The highest BCUT2D eigenvalue weighted by Gasteiger charge is 2.05. The van der Waals surface area contributed by atoms with Crippen molar-refractivity contribution < 1.29 is 4.79 Å². The molecule has 100 valence electrons. The maximum Gasteiger partial charge on any atom is 0.135 e. The first-order valence-corrected chi connectivity index (χ1v) is 6.71. The summed E-state index contributed by atoms with van der Waals surface area (Å²) < 4.78 is 1.89. The third kappa shape index (κ3) is 2.62. The van der Waals surface area contributed by atoms with Crippen molar-refractivity contribution in [3.05, 3.63) is 66.0 Å². The lowest BCUT2D eigenvalue weighted by atomic mass is 10.0. The molecule has 0 aliphatic rings. The monoisotopic (exact) mass is 264 g/mol. The molecule has 0 unspecified atom stereocenters. The fourth-order valence-corrected chi connectivity index (χ4v) is 2.45. The zero-order valence-electron chi connectivity index (χ0n) is 11.4. The predicted molar refractivity (Wildman–Crippen MR) is 79.7 cm³/mol. The van der Waals surface area contributed by atoms with Crippen molar-refractivity contribution in [2.75, 3.05) is 0 Å². The highest BCUT2D eigenvalue weighted by atomic mass is 16.1. The van der Waals surface area contributed by atoms with Gasteiger partial charge in [0.2, 0.25) is 0 Å². The van der Waals surface area contributed by atoms with Crippen LogP contribution in [-0.4, -0.2) is 15.6 Å². The minimum atomic E-state index is 0.139. The van der Waals surface area contributed by atoms with Gasteiger partial charge in [-0.1, -0.05) is 42.5 Å². The van der Waals surface area contributed by atoms with Crippen molar-refractivity contribution in [1.82, 2.24) is 9.78 Å². The van der Waals surface area contributed by atoms with Crippen LogP contribution in [0.4, 0.5) is 0 Å². The standard InChI is InChI=1S/C17H16N2O/c1-13(20)11-16-9-10-19(18-16)12-15-7-4-6-14-5-2-3-8-17(14)15/h2-10H,11-12H2,1H3. The third-order valence-electron chi connectivity index (χ3n) is 3.34. The van der Waals surface area contributed by atoms with Crippen LogP contribution in [0.25, 0.3) is 10.8 Å². The molecule has 1 aromatic heterocycles. The van der Waals surface area contributed by atoms with Crippen LogP contribution in [0.5, 0.6) is 0 Å². The Bertz CT molecular complexity index is 753. The molecule has 3 aromatic rings. The van der Waals surface area contributed by atoms with E-state index in [1.165, 1.54) is 16.3 Å². The summed E-state index contributed by atoms with van der Waals surface area (Å²) in [6.07, 6.45) is 2.34. The van der Waals surface area contributed by atoms with Gasteiger partial charge in [0.25, 0.3) is 0 Å². The maximum atomic E-state index is 11.1. The van der Waals surface area contributed by atoms with Gasteiger partial charge in [-0.25, -0.2) is 0 Å². The molecule has 0 amide bonds. The molecule has 0 saturated carbocycles. The fraction of sp³-hybridized carbons (Fsp3) is 0.176. The molecule has 0 saturated heterocycles. The minimum absolute atomic E-state index is 0.139. The lowest BCUT2D eigenvalue weighted by Gasteiger charge is -2.06. The normalized spacial score (nSPS) is 10.8. The van der Waals surface area contributed by atoms with Gasteiger partial charge in [-0.3, -0.25) is 9.48 Å². The summed E-state index contributed by atoms with van der Waals surface area (Å²) in [5, 5.41) is 6.93. The Morgan fingerprint density at radius 3 is 2.75 bits per heavy atom. The maximum absolute atomic E-state index is 11.1. The van der Waals surface area contributed by atoms with E-state index in [-0.39, 0.29) is 5.78 Å². The molecule has 0 aliphatic carbocycles. The van der Waals surface area contributed by atoms with Crippen molar-refractivity contribution in [3.63, 3.8) is 0 Å². The van der Waals surface area contributed by atoms with E-state index in [4.69, 9.17) is 0 Å². The van der Waals surface area contributed by atoms with E-state index in [2.05, 4.69) is 41.5 Å². The largest absolute Gasteiger partial charge is 0.300 e. The first kappa shape index (κ1) is 12.6. The van der Waals surface area contributed by atoms with Crippen LogP contribution in [-0.2, 0) is 17.8 Å². The number of nitrogens with zero attached hydrogens (tertiary/aromatic N) is 2. The van der Waals surface area contributed by atoms with Gasteiger partial charge in [0.05, 0.1) is 18.7 Å². The second-order valence-electron chi connectivity index (χ2n) is 5.02. The van der Waals surface area contributed by atoms with Gasteiger partial charge in [-0.2, -0.15) is 5.10 Å². The van der Waals surface area contributed by atoms with Crippen LogP contribution >= 0.6 is 0 Å². The van der Waals surface area contributed by atoms with Crippen LogP contribution in [0.2, 0.25) is 0 Å². The number of rotatable bonds is 4. The van der Waals surface area contributed by atoms with E-state index in [1.54, 1.807) is 6.92 Å². The van der Waals surface area contributed by atoms with Crippen LogP contribution in [0.3, 0.4) is 0 Å². The van der Waals surface area contributed by atoms with Crippen molar-refractivity contribution in [3.8, 4) is 0 Å². The van der Waals surface area contributed by atoms with Gasteiger partial charge in [-0.05, 0) is 29.3 Å². The average molecular weight is 264 g/mol. The van der Waals surface area contributed by atoms with Crippen molar-refractivity contribution in [2.45, 2.75) is 19.9 Å². The van der Waals surface area contributed by atoms with Gasteiger partial charge < -0.3 is 0 Å². The van der Waals surface area contributed by atoms with Crippen LogP contribution in [0, 0.1) is 0 Å². The van der Waals surface area contributed by atoms with Gasteiger partial charge in [-0.15, -0.1) is 0 Å². The molecule has 0 N–H and O–H groups in total. The molecular formula is C17H16N2O. The number of fused-ring (bicyclic) bond motifs is 1. The minimum Gasteiger partial charge on any atom is -0.300 e. The Labute approximate surface area is 117 Å². The molecule has 0 radical (unpaired) electrons. The van der Waals surface area contributed by atoms with E-state index in [0.29, 0.717) is 6.42 Å². The number of Topliss-reactive ketones (excluding diaryl/α,β-unsaturated/α-hetero) is 1. The molecule has 20 heavy (non-hydrogen) atoms. The number of benzene rings is 2. The van der Waals surface area contributed by atoms with Gasteiger partial charge in [0.15, 0.2) is 0 Å². The molecular weight excluding hydrogens is 248 g/mol. The zero-order chi connectivity index (χ0) is 13.9. The summed E-state index contributed by atoms with van der Waals surface area (Å²) in [4.78, 5) is 11.1. The summed E-state index contributed by atoms with van der Waals surface area (Å²) >= 11 is 0. The number of hydrogen-bond acceptors (Lipinski definition) is 2. The number of carbonyl (C=O) groups is 1. The summed E-state index contributed by atoms with van der Waals surface area (Å²) in [5.74, 6) is 0.139. The highest BCUT2D eigenvalue weighted by Crippen LogP contribution is 2.19. The van der Waals surface area contributed by atoms with Crippen LogP contribution in [0.1, 0.15) is 18.2 Å².